The molecule has 0 aliphatic heterocycles. The third-order valence-electron chi connectivity index (χ3n) is 1.91. The van der Waals surface area contributed by atoms with Crippen molar-refractivity contribution in [1.29, 1.82) is 0 Å². The number of carbonyl (C=O) groups excluding carboxylic acids is 1. The van der Waals surface area contributed by atoms with Gasteiger partial charge < -0.3 is 9.47 Å². The van der Waals surface area contributed by atoms with E-state index in [2.05, 4.69) is 24.9 Å². The van der Waals surface area contributed by atoms with Crippen molar-refractivity contribution in [3.8, 4) is 11.8 Å². The van der Waals surface area contributed by atoms with Gasteiger partial charge >= 0.3 is 5.97 Å². The number of aromatic amines is 1. The van der Waals surface area contributed by atoms with E-state index in [1.54, 1.807) is 6.07 Å². The Balaban J connectivity index is 2.10. The lowest BCUT2D eigenvalue weighted by molar-refractivity contribution is 0.0593. The van der Waals surface area contributed by atoms with Crippen molar-refractivity contribution >= 4 is 5.97 Å². The molecule has 0 aliphatic rings. The van der Waals surface area contributed by atoms with Crippen LogP contribution in [0.2, 0.25) is 0 Å². The first-order valence-electron chi connectivity index (χ1n) is 4.79. The number of carbonyl (C=O) groups is 1. The fourth-order valence-electron chi connectivity index (χ4n) is 1.13. The molecule has 0 spiro atoms. The van der Waals surface area contributed by atoms with E-state index in [1.165, 1.54) is 19.5 Å². The Morgan fingerprint density at radius 2 is 2.12 bits per heavy atom. The predicted octanol–water partition coefficient (Wildman–Crippen LogP) is 1.09. The van der Waals surface area contributed by atoms with Gasteiger partial charge in [-0.1, -0.05) is 0 Å². The molecule has 0 amide bonds. The zero-order chi connectivity index (χ0) is 12.3. The number of hydrogen-bond acceptors (Lipinski definition) is 6. The number of aryl methyl sites for hydroxylation is 1. The molecule has 0 saturated heterocycles. The summed E-state index contributed by atoms with van der Waals surface area (Å²) in [5.74, 6) is 0.103. The van der Waals surface area contributed by atoms with Gasteiger partial charge in [-0.2, -0.15) is 0 Å². The monoisotopic (exact) mass is 234 g/mol. The number of hydrogen-bond donors (Lipinski definition) is 1. The minimum atomic E-state index is -0.542. The summed E-state index contributed by atoms with van der Waals surface area (Å²) in [5.41, 5.74) is 0.997. The Morgan fingerprint density at radius 1 is 1.29 bits per heavy atom. The number of nitrogens with one attached hydrogen (secondary N) is 1. The fourth-order valence-corrected chi connectivity index (χ4v) is 1.13. The molecule has 17 heavy (non-hydrogen) atoms. The molecule has 0 aromatic carbocycles. The third-order valence-corrected chi connectivity index (χ3v) is 1.91. The molecule has 2 heterocycles. The molecule has 7 heteroatoms. The highest BCUT2D eigenvalue weighted by Gasteiger charge is 2.08. The van der Waals surface area contributed by atoms with Gasteiger partial charge in [0.15, 0.2) is 5.69 Å². The number of esters is 1. The van der Waals surface area contributed by atoms with Crippen molar-refractivity contribution in [2.45, 2.75) is 6.92 Å². The van der Waals surface area contributed by atoms with E-state index in [0.29, 0.717) is 5.88 Å². The number of rotatable bonds is 3. The summed E-state index contributed by atoms with van der Waals surface area (Å²) in [5, 5.41) is 6.61. The van der Waals surface area contributed by atoms with E-state index >= 15 is 0 Å². The molecule has 0 radical (unpaired) electrons. The van der Waals surface area contributed by atoms with Crippen LogP contribution in [0.25, 0.3) is 0 Å². The van der Waals surface area contributed by atoms with Crippen LogP contribution in [0.15, 0.2) is 18.5 Å². The first-order valence-corrected chi connectivity index (χ1v) is 4.79. The molecule has 0 bridgehead atoms. The second-order valence-corrected chi connectivity index (χ2v) is 3.22. The van der Waals surface area contributed by atoms with E-state index in [1.807, 2.05) is 6.92 Å². The van der Waals surface area contributed by atoms with E-state index in [9.17, 15) is 4.79 Å². The van der Waals surface area contributed by atoms with Crippen molar-refractivity contribution in [2.24, 2.45) is 0 Å². The number of methoxy groups -OCH3 is 1. The zero-order valence-electron chi connectivity index (χ0n) is 9.30. The van der Waals surface area contributed by atoms with E-state index in [0.717, 1.165) is 5.69 Å². The molecular weight excluding hydrogens is 224 g/mol. The number of ether oxygens (including phenoxy) is 2. The van der Waals surface area contributed by atoms with Crippen LogP contribution >= 0.6 is 0 Å². The molecule has 0 unspecified atom stereocenters. The Bertz CT molecular complexity index is 521. The summed E-state index contributed by atoms with van der Waals surface area (Å²) in [6.07, 6.45) is 2.61. The van der Waals surface area contributed by atoms with Gasteiger partial charge in [-0.15, -0.1) is 5.10 Å². The third kappa shape index (κ3) is 2.57. The normalized spacial score (nSPS) is 10.0. The molecule has 0 fully saturated rings. The molecule has 2 aromatic heterocycles. The Morgan fingerprint density at radius 3 is 2.65 bits per heavy atom. The molecule has 7 nitrogen and oxygen atoms in total. The highest BCUT2D eigenvalue weighted by Crippen LogP contribution is 2.16. The summed E-state index contributed by atoms with van der Waals surface area (Å²) in [6.45, 7) is 1.85. The average Bonchev–Trinajstić information content (AvgIpc) is 2.75. The Kier molecular flexibility index (Phi) is 2.99. The summed E-state index contributed by atoms with van der Waals surface area (Å²) in [7, 11) is 1.28. The Labute approximate surface area is 96.8 Å². The topological polar surface area (TPSA) is 90.0 Å². The van der Waals surface area contributed by atoms with Crippen LogP contribution in [0.4, 0.5) is 0 Å². The van der Waals surface area contributed by atoms with Crippen LogP contribution in [-0.2, 0) is 4.74 Å². The van der Waals surface area contributed by atoms with Gasteiger partial charge in [0.05, 0.1) is 19.5 Å². The summed E-state index contributed by atoms with van der Waals surface area (Å²) in [6, 6.07) is 1.72. The van der Waals surface area contributed by atoms with Gasteiger partial charge in [0.25, 0.3) is 0 Å². The zero-order valence-corrected chi connectivity index (χ0v) is 9.30. The molecule has 1 N–H and O–H groups in total. The van der Waals surface area contributed by atoms with Gasteiger partial charge in [0.1, 0.15) is 0 Å². The second kappa shape index (κ2) is 4.60. The van der Waals surface area contributed by atoms with Gasteiger partial charge in [0.2, 0.25) is 11.8 Å². The standard InChI is InChI=1S/C10H10N4O3/c1-6-3-8(14-13-6)17-9-5-11-7(4-12-9)10(15)16-2/h3-5H,1-2H3,(H,13,14). The summed E-state index contributed by atoms with van der Waals surface area (Å²) < 4.78 is 9.80. The fraction of sp³-hybridized carbons (Fsp3) is 0.200. The molecular formula is C10H10N4O3. The van der Waals surface area contributed by atoms with Crippen molar-refractivity contribution in [2.75, 3.05) is 7.11 Å². The molecule has 88 valence electrons. The highest BCUT2D eigenvalue weighted by atomic mass is 16.5. The molecule has 2 aromatic rings. The lowest BCUT2D eigenvalue weighted by Crippen LogP contribution is -2.04. The predicted molar refractivity (Wildman–Crippen MR) is 56.8 cm³/mol. The minimum absolute atomic E-state index is 0.123. The molecule has 0 aliphatic carbocycles. The molecule has 2 rings (SSSR count). The van der Waals surface area contributed by atoms with E-state index in [-0.39, 0.29) is 11.6 Å². The van der Waals surface area contributed by atoms with Crippen LogP contribution in [0, 0.1) is 6.92 Å². The average molecular weight is 234 g/mol. The number of nitrogens with zero attached hydrogens (tertiary/aromatic N) is 3. The first kappa shape index (κ1) is 11.1. The number of H-pyrrole nitrogens is 1. The summed E-state index contributed by atoms with van der Waals surface area (Å²) in [4.78, 5) is 18.9. The minimum Gasteiger partial charge on any atom is -0.464 e. The lowest BCUT2D eigenvalue weighted by atomic mass is 10.4. The largest absolute Gasteiger partial charge is 0.464 e. The smallest absolute Gasteiger partial charge is 0.358 e. The van der Waals surface area contributed by atoms with Crippen LogP contribution in [0.3, 0.4) is 0 Å². The van der Waals surface area contributed by atoms with Crippen LogP contribution in [0.1, 0.15) is 16.2 Å². The first-order chi connectivity index (χ1) is 8.19. The van der Waals surface area contributed by atoms with Gasteiger partial charge in [-0.25, -0.2) is 14.8 Å². The van der Waals surface area contributed by atoms with Gasteiger partial charge in [-0.3, -0.25) is 5.10 Å². The van der Waals surface area contributed by atoms with Crippen LogP contribution in [0.5, 0.6) is 11.8 Å². The van der Waals surface area contributed by atoms with Crippen molar-refractivity contribution in [3.63, 3.8) is 0 Å². The van der Waals surface area contributed by atoms with E-state index in [4.69, 9.17) is 4.74 Å². The van der Waals surface area contributed by atoms with Crippen molar-refractivity contribution in [1.82, 2.24) is 20.2 Å². The number of aromatic nitrogens is 4. The SMILES string of the molecule is COC(=O)c1cnc(Oc2cc(C)[nH]n2)cn1. The van der Waals surface area contributed by atoms with Crippen LogP contribution in [-0.4, -0.2) is 33.2 Å². The summed E-state index contributed by atoms with van der Waals surface area (Å²) >= 11 is 0. The highest BCUT2D eigenvalue weighted by molar-refractivity contribution is 5.86. The van der Waals surface area contributed by atoms with Crippen LogP contribution < -0.4 is 4.74 Å². The maximum absolute atomic E-state index is 11.1. The van der Waals surface area contributed by atoms with Crippen molar-refractivity contribution in [3.05, 3.63) is 29.8 Å². The maximum Gasteiger partial charge on any atom is 0.358 e. The second-order valence-electron chi connectivity index (χ2n) is 3.22. The Hall–Kier alpha value is -2.44. The van der Waals surface area contributed by atoms with Gasteiger partial charge in [0, 0.05) is 11.8 Å². The molecule has 0 saturated carbocycles. The van der Waals surface area contributed by atoms with Gasteiger partial charge in [-0.05, 0) is 6.92 Å². The lowest BCUT2D eigenvalue weighted by Gasteiger charge is -2.01. The van der Waals surface area contributed by atoms with Crippen molar-refractivity contribution < 1.29 is 14.3 Å². The quantitative estimate of drug-likeness (QED) is 0.799. The molecule has 0 atom stereocenters. The van der Waals surface area contributed by atoms with E-state index < -0.39 is 5.97 Å². The maximum atomic E-state index is 11.1.